The molecule has 5 unspecified atom stereocenters. The molecule has 1 aliphatic carbocycles. The van der Waals surface area contributed by atoms with Crippen molar-refractivity contribution in [2.24, 2.45) is 17.6 Å². The van der Waals surface area contributed by atoms with Crippen LogP contribution in [0, 0.1) is 11.8 Å². The Kier molecular flexibility index (Phi) is 5.00. The monoisotopic (exact) mass is 295 g/mol. The van der Waals surface area contributed by atoms with Gasteiger partial charge in [0.1, 0.15) is 12.3 Å². The van der Waals surface area contributed by atoms with E-state index in [1.165, 1.54) is 12.7 Å². The summed E-state index contributed by atoms with van der Waals surface area (Å²) in [5.41, 5.74) is 5.95. The lowest BCUT2D eigenvalue weighted by Crippen LogP contribution is -2.43. The number of hydrogen-bond donors (Lipinski definition) is 3. The molecule has 1 amide bonds. The molecule has 0 bridgehead atoms. The number of aliphatic hydroxyl groups is 1. The van der Waals surface area contributed by atoms with Crippen LogP contribution < -0.4 is 11.1 Å². The minimum atomic E-state index is -0.779. The lowest BCUT2D eigenvalue weighted by atomic mass is 9.78. The van der Waals surface area contributed by atoms with Crippen molar-refractivity contribution in [1.82, 2.24) is 10.3 Å². The molecule has 1 saturated carbocycles. The minimum Gasteiger partial charge on any atom is -0.446 e. The molecule has 4 N–H and O–H groups in total. The maximum absolute atomic E-state index is 12.2. The smallest absolute Gasteiger partial charge is 0.273 e. The fourth-order valence-corrected chi connectivity index (χ4v) is 2.78. The number of oxazole rings is 1. The Balaban J connectivity index is 2.00. The number of amides is 1. The van der Waals surface area contributed by atoms with Crippen LogP contribution in [0.4, 0.5) is 0 Å². The van der Waals surface area contributed by atoms with Crippen molar-refractivity contribution >= 4 is 5.91 Å². The van der Waals surface area contributed by atoms with Crippen LogP contribution in [0.2, 0.25) is 0 Å². The Morgan fingerprint density at radius 1 is 1.52 bits per heavy atom. The van der Waals surface area contributed by atoms with E-state index < -0.39 is 12.1 Å². The summed E-state index contributed by atoms with van der Waals surface area (Å²) in [6, 6.07) is -0.549. The molecule has 1 aromatic rings. The van der Waals surface area contributed by atoms with E-state index >= 15 is 0 Å². The highest BCUT2D eigenvalue weighted by Crippen LogP contribution is 2.29. The van der Waals surface area contributed by atoms with Crippen LogP contribution in [0.5, 0.6) is 0 Å². The summed E-state index contributed by atoms with van der Waals surface area (Å²) in [4.78, 5) is 16.3. The van der Waals surface area contributed by atoms with E-state index in [1.54, 1.807) is 6.92 Å². The zero-order valence-corrected chi connectivity index (χ0v) is 12.9. The third kappa shape index (κ3) is 3.63. The first-order valence-electron chi connectivity index (χ1n) is 7.60. The molecule has 5 atom stereocenters. The lowest BCUT2D eigenvalue weighted by molar-refractivity contribution is 0.0885. The Morgan fingerprint density at radius 3 is 2.90 bits per heavy atom. The molecular formula is C15H25N3O3. The fraction of sp³-hybridized carbons (Fsp3) is 0.733. The van der Waals surface area contributed by atoms with Crippen LogP contribution in [-0.4, -0.2) is 28.1 Å². The average molecular weight is 295 g/mol. The predicted molar refractivity (Wildman–Crippen MR) is 78.5 cm³/mol. The van der Waals surface area contributed by atoms with Crippen molar-refractivity contribution in [2.45, 2.75) is 58.2 Å². The molecule has 118 valence electrons. The second kappa shape index (κ2) is 6.58. The van der Waals surface area contributed by atoms with Crippen LogP contribution in [0.25, 0.3) is 0 Å². The molecule has 1 fully saturated rings. The summed E-state index contributed by atoms with van der Waals surface area (Å²) in [5, 5.41) is 12.5. The normalized spacial score (nSPS) is 28.9. The third-order valence-electron chi connectivity index (χ3n) is 4.58. The van der Waals surface area contributed by atoms with Gasteiger partial charge in [-0.25, -0.2) is 4.98 Å². The summed E-state index contributed by atoms with van der Waals surface area (Å²) >= 11 is 0. The highest BCUT2D eigenvalue weighted by atomic mass is 16.3. The number of carbonyl (C=O) groups excluding carboxylic acids is 1. The van der Waals surface area contributed by atoms with Crippen molar-refractivity contribution in [3.63, 3.8) is 0 Å². The topological polar surface area (TPSA) is 101 Å². The van der Waals surface area contributed by atoms with Crippen molar-refractivity contribution in [1.29, 1.82) is 0 Å². The van der Waals surface area contributed by atoms with E-state index in [1.807, 2.05) is 0 Å². The molecule has 1 aliphatic rings. The van der Waals surface area contributed by atoms with E-state index in [2.05, 4.69) is 24.1 Å². The summed E-state index contributed by atoms with van der Waals surface area (Å²) in [5.74, 6) is 1.00. The molecule has 2 rings (SSSR count). The number of aromatic nitrogens is 1. The lowest BCUT2D eigenvalue weighted by Gasteiger charge is -2.34. The van der Waals surface area contributed by atoms with Crippen molar-refractivity contribution < 1.29 is 14.3 Å². The van der Waals surface area contributed by atoms with Gasteiger partial charge in [-0.15, -0.1) is 0 Å². The molecule has 6 heteroatoms. The Hall–Kier alpha value is -1.40. The van der Waals surface area contributed by atoms with E-state index in [9.17, 15) is 9.90 Å². The van der Waals surface area contributed by atoms with Gasteiger partial charge >= 0.3 is 0 Å². The Bertz CT molecular complexity index is 486. The zero-order chi connectivity index (χ0) is 15.6. The van der Waals surface area contributed by atoms with E-state index in [-0.39, 0.29) is 23.5 Å². The third-order valence-corrected chi connectivity index (χ3v) is 4.58. The van der Waals surface area contributed by atoms with Crippen LogP contribution in [0.1, 0.15) is 62.5 Å². The molecule has 1 heterocycles. The number of hydrogen-bond acceptors (Lipinski definition) is 5. The van der Waals surface area contributed by atoms with Crippen LogP contribution in [0.15, 0.2) is 10.7 Å². The number of nitrogens with two attached hydrogens (primary N) is 1. The molecule has 1 aromatic heterocycles. The van der Waals surface area contributed by atoms with E-state index in [0.717, 1.165) is 12.8 Å². The first-order valence-corrected chi connectivity index (χ1v) is 7.60. The van der Waals surface area contributed by atoms with Gasteiger partial charge < -0.3 is 20.6 Å². The molecule has 0 saturated heterocycles. The van der Waals surface area contributed by atoms with E-state index in [4.69, 9.17) is 10.2 Å². The summed E-state index contributed by atoms with van der Waals surface area (Å²) in [7, 11) is 0. The maximum Gasteiger partial charge on any atom is 0.273 e. The van der Waals surface area contributed by atoms with Crippen LogP contribution >= 0.6 is 0 Å². The van der Waals surface area contributed by atoms with Gasteiger partial charge in [-0.05, 0) is 25.2 Å². The minimum absolute atomic E-state index is 0.173. The molecule has 6 nitrogen and oxygen atoms in total. The van der Waals surface area contributed by atoms with Gasteiger partial charge in [0.2, 0.25) is 5.89 Å². The van der Waals surface area contributed by atoms with Gasteiger partial charge in [-0.1, -0.05) is 26.7 Å². The number of carbonyl (C=O) groups is 1. The number of aliphatic hydroxyl groups excluding tert-OH is 1. The predicted octanol–water partition coefficient (Wildman–Crippen LogP) is 1.61. The SMILES string of the molecule is CC(O)C(N)c1nc(C(=O)NC2CCCC(C)C2C)co1. The van der Waals surface area contributed by atoms with Gasteiger partial charge in [-0.2, -0.15) is 0 Å². The Morgan fingerprint density at radius 2 is 2.24 bits per heavy atom. The Labute approximate surface area is 125 Å². The number of rotatable bonds is 4. The van der Waals surface area contributed by atoms with Gasteiger partial charge in [0.15, 0.2) is 5.69 Å². The average Bonchev–Trinajstić information content (AvgIpc) is 2.92. The number of nitrogens with zero attached hydrogens (tertiary/aromatic N) is 1. The molecular weight excluding hydrogens is 270 g/mol. The summed E-state index contributed by atoms with van der Waals surface area (Å²) < 4.78 is 5.19. The quantitative estimate of drug-likeness (QED) is 0.783. The highest BCUT2D eigenvalue weighted by molar-refractivity contribution is 5.92. The molecule has 21 heavy (non-hydrogen) atoms. The largest absolute Gasteiger partial charge is 0.446 e. The zero-order valence-electron chi connectivity index (χ0n) is 12.9. The van der Waals surface area contributed by atoms with Gasteiger partial charge in [-0.3, -0.25) is 4.79 Å². The van der Waals surface area contributed by atoms with Crippen LogP contribution in [0.3, 0.4) is 0 Å². The van der Waals surface area contributed by atoms with E-state index in [0.29, 0.717) is 11.8 Å². The molecule has 0 aliphatic heterocycles. The van der Waals surface area contributed by atoms with Crippen molar-refractivity contribution in [2.75, 3.05) is 0 Å². The maximum atomic E-state index is 12.2. The van der Waals surface area contributed by atoms with Crippen molar-refractivity contribution in [3.05, 3.63) is 17.8 Å². The summed E-state index contributed by atoms with van der Waals surface area (Å²) in [6.07, 6.45) is 3.86. The standard InChI is InChI=1S/C15H25N3O3/c1-8-5-4-6-11(9(8)2)17-14(20)12-7-21-15(18-12)13(16)10(3)19/h7-11,13,19H,4-6,16H2,1-3H3,(H,17,20). The number of nitrogens with one attached hydrogen (secondary N) is 1. The summed E-state index contributed by atoms with van der Waals surface area (Å²) in [6.45, 7) is 5.95. The second-order valence-corrected chi connectivity index (χ2v) is 6.18. The van der Waals surface area contributed by atoms with Gasteiger partial charge in [0, 0.05) is 6.04 Å². The first-order chi connectivity index (χ1) is 9.90. The fourth-order valence-electron chi connectivity index (χ4n) is 2.78. The second-order valence-electron chi connectivity index (χ2n) is 6.18. The van der Waals surface area contributed by atoms with Gasteiger partial charge in [0.05, 0.1) is 6.10 Å². The molecule has 0 aromatic carbocycles. The molecule has 0 spiro atoms. The molecule has 0 radical (unpaired) electrons. The highest BCUT2D eigenvalue weighted by Gasteiger charge is 2.29. The van der Waals surface area contributed by atoms with Gasteiger partial charge in [0.25, 0.3) is 5.91 Å². The van der Waals surface area contributed by atoms with Crippen molar-refractivity contribution in [3.8, 4) is 0 Å². The first kappa shape index (κ1) is 16.0. The van der Waals surface area contributed by atoms with Crippen LogP contribution in [-0.2, 0) is 0 Å².